The lowest BCUT2D eigenvalue weighted by atomic mass is 9.96. The Kier molecular flexibility index (Phi) is 4.61. The molecule has 2 unspecified atom stereocenters. The molecular weight excluding hydrogens is 226 g/mol. The quantitative estimate of drug-likeness (QED) is 0.888. The lowest BCUT2D eigenvalue weighted by molar-refractivity contribution is 0.0317. The largest absolute Gasteiger partial charge is 0.494 e. The van der Waals surface area contributed by atoms with Crippen LogP contribution in [0.4, 0.5) is 0 Å². The average molecular weight is 249 g/mol. The van der Waals surface area contributed by atoms with Crippen LogP contribution in [0.3, 0.4) is 0 Å². The zero-order chi connectivity index (χ0) is 13.0. The van der Waals surface area contributed by atoms with E-state index >= 15 is 0 Å². The highest BCUT2D eigenvalue weighted by Crippen LogP contribution is 2.23. The average Bonchev–Trinajstić information content (AvgIpc) is 2.37. The van der Waals surface area contributed by atoms with Gasteiger partial charge in [0, 0.05) is 25.2 Å². The van der Waals surface area contributed by atoms with E-state index in [9.17, 15) is 5.11 Å². The maximum atomic E-state index is 9.75. The van der Waals surface area contributed by atoms with E-state index in [2.05, 4.69) is 24.0 Å². The maximum Gasteiger partial charge on any atom is 0.123 e. The van der Waals surface area contributed by atoms with Gasteiger partial charge in [0.05, 0.1) is 12.7 Å². The van der Waals surface area contributed by atoms with E-state index in [1.807, 2.05) is 19.1 Å². The minimum absolute atomic E-state index is 0.136. The molecule has 1 aliphatic rings. The van der Waals surface area contributed by atoms with Crippen LogP contribution in [0.2, 0.25) is 0 Å². The molecule has 1 aliphatic heterocycles. The number of hydrogen-bond acceptors (Lipinski definition) is 3. The van der Waals surface area contributed by atoms with E-state index in [1.54, 1.807) is 0 Å². The fourth-order valence-electron chi connectivity index (χ4n) is 2.53. The number of hydrogen-bond donors (Lipinski definition) is 1. The third-order valence-corrected chi connectivity index (χ3v) is 3.61. The normalized spacial score (nSPS) is 25.1. The summed E-state index contributed by atoms with van der Waals surface area (Å²) >= 11 is 0. The van der Waals surface area contributed by atoms with Gasteiger partial charge in [0.1, 0.15) is 5.75 Å². The summed E-state index contributed by atoms with van der Waals surface area (Å²) < 4.78 is 5.65. The first-order valence-electron chi connectivity index (χ1n) is 6.81. The molecule has 3 heteroatoms. The van der Waals surface area contributed by atoms with Crippen molar-refractivity contribution in [2.75, 3.05) is 19.7 Å². The van der Waals surface area contributed by atoms with Crippen molar-refractivity contribution >= 4 is 0 Å². The molecule has 1 heterocycles. The molecule has 0 aromatic heterocycles. The number of aliphatic hydroxyl groups excluding tert-OH is 1. The summed E-state index contributed by atoms with van der Waals surface area (Å²) in [6, 6.07) is 8.22. The van der Waals surface area contributed by atoms with Gasteiger partial charge in [-0.1, -0.05) is 25.1 Å². The van der Waals surface area contributed by atoms with Gasteiger partial charge in [-0.3, -0.25) is 4.90 Å². The fourth-order valence-corrected chi connectivity index (χ4v) is 2.53. The molecule has 1 fully saturated rings. The molecule has 1 aromatic carbocycles. The Labute approximate surface area is 109 Å². The predicted octanol–water partition coefficient (Wildman–Crippen LogP) is 2.29. The maximum absolute atomic E-state index is 9.75. The third-order valence-electron chi connectivity index (χ3n) is 3.61. The summed E-state index contributed by atoms with van der Waals surface area (Å²) in [5, 5.41) is 9.75. The van der Waals surface area contributed by atoms with Gasteiger partial charge in [0.15, 0.2) is 0 Å². The van der Waals surface area contributed by atoms with Crippen LogP contribution in [-0.2, 0) is 6.54 Å². The van der Waals surface area contributed by atoms with E-state index in [0.717, 1.165) is 31.8 Å². The third kappa shape index (κ3) is 3.24. The van der Waals surface area contributed by atoms with Crippen molar-refractivity contribution in [2.24, 2.45) is 5.92 Å². The Morgan fingerprint density at radius 1 is 1.39 bits per heavy atom. The highest BCUT2D eigenvalue weighted by atomic mass is 16.5. The molecule has 1 aromatic rings. The first-order chi connectivity index (χ1) is 8.70. The topological polar surface area (TPSA) is 32.7 Å². The van der Waals surface area contributed by atoms with E-state index in [0.29, 0.717) is 12.5 Å². The van der Waals surface area contributed by atoms with Gasteiger partial charge in [0.2, 0.25) is 0 Å². The van der Waals surface area contributed by atoms with E-state index in [4.69, 9.17) is 4.74 Å². The Morgan fingerprint density at radius 3 is 2.89 bits per heavy atom. The highest BCUT2D eigenvalue weighted by molar-refractivity contribution is 5.33. The standard InChI is InChI=1S/C15H23NO2/c1-3-18-15-7-5-4-6-13(15)11-16-9-8-14(17)12(2)10-16/h4-7,12,14,17H,3,8-11H2,1-2H3. The van der Waals surface area contributed by atoms with Crippen molar-refractivity contribution in [3.8, 4) is 5.75 Å². The van der Waals surface area contributed by atoms with Crippen molar-refractivity contribution < 1.29 is 9.84 Å². The molecular formula is C15H23NO2. The number of aliphatic hydroxyl groups is 1. The van der Waals surface area contributed by atoms with Crippen LogP contribution >= 0.6 is 0 Å². The second-order valence-electron chi connectivity index (χ2n) is 5.11. The number of nitrogens with zero attached hydrogens (tertiary/aromatic N) is 1. The van der Waals surface area contributed by atoms with Crippen LogP contribution in [0.25, 0.3) is 0 Å². The number of benzene rings is 1. The molecule has 0 aliphatic carbocycles. The lowest BCUT2D eigenvalue weighted by Gasteiger charge is -2.34. The molecule has 100 valence electrons. The molecule has 0 amide bonds. The molecule has 1 saturated heterocycles. The monoisotopic (exact) mass is 249 g/mol. The van der Waals surface area contributed by atoms with Gasteiger partial charge in [-0.2, -0.15) is 0 Å². The Hall–Kier alpha value is -1.06. The van der Waals surface area contributed by atoms with Crippen LogP contribution < -0.4 is 4.74 Å². The number of rotatable bonds is 4. The van der Waals surface area contributed by atoms with Crippen molar-refractivity contribution in [2.45, 2.75) is 32.9 Å². The molecule has 2 atom stereocenters. The van der Waals surface area contributed by atoms with Gasteiger partial charge >= 0.3 is 0 Å². The molecule has 1 N–H and O–H groups in total. The summed E-state index contributed by atoms with van der Waals surface area (Å²) in [7, 11) is 0. The molecule has 0 saturated carbocycles. The van der Waals surface area contributed by atoms with Crippen LogP contribution in [0.15, 0.2) is 24.3 Å². The Balaban J connectivity index is 2.01. The molecule has 0 bridgehead atoms. The molecule has 18 heavy (non-hydrogen) atoms. The summed E-state index contributed by atoms with van der Waals surface area (Å²) in [4.78, 5) is 2.40. The zero-order valence-corrected chi connectivity index (χ0v) is 11.3. The Bertz CT molecular complexity index is 381. The van der Waals surface area contributed by atoms with E-state index in [-0.39, 0.29) is 6.10 Å². The zero-order valence-electron chi connectivity index (χ0n) is 11.3. The minimum atomic E-state index is -0.136. The fraction of sp³-hybridized carbons (Fsp3) is 0.600. The molecule has 2 rings (SSSR count). The second kappa shape index (κ2) is 6.21. The number of para-hydroxylation sites is 1. The van der Waals surface area contributed by atoms with E-state index < -0.39 is 0 Å². The first-order valence-corrected chi connectivity index (χ1v) is 6.81. The van der Waals surface area contributed by atoms with Crippen LogP contribution in [0, 0.1) is 5.92 Å². The van der Waals surface area contributed by atoms with Gasteiger partial charge in [0.25, 0.3) is 0 Å². The molecule has 3 nitrogen and oxygen atoms in total. The predicted molar refractivity (Wildman–Crippen MR) is 72.7 cm³/mol. The lowest BCUT2D eigenvalue weighted by Crippen LogP contribution is -2.41. The van der Waals surface area contributed by atoms with Crippen molar-refractivity contribution in [3.05, 3.63) is 29.8 Å². The summed E-state index contributed by atoms with van der Waals surface area (Å²) in [6.07, 6.45) is 0.737. The smallest absolute Gasteiger partial charge is 0.123 e. The summed E-state index contributed by atoms with van der Waals surface area (Å²) in [6.45, 7) is 7.66. The van der Waals surface area contributed by atoms with Crippen LogP contribution in [0.1, 0.15) is 25.8 Å². The highest BCUT2D eigenvalue weighted by Gasteiger charge is 2.24. The van der Waals surface area contributed by atoms with Gasteiger partial charge in [-0.25, -0.2) is 0 Å². The number of ether oxygens (including phenoxy) is 1. The van der Waals surface area contributed by atoms with E-state index in [1.165, 1.54) is 5.56 Å². The second-order valence-corrected chi connectivity index (χ2v) is 5.11. The van der Waals surface area contributed by atoms with Gasteiger partial charge < -0.3 is 9.84 Å². The number of piperidine rings is 1. The molecule has 0 radical (unpaired) electrons. The van der Waals surface area contributed by atoms with Crippen molar-refractivity contribution in [3.63, 3.8) is 0 Å². The SMILES string of the molecule is CCOc1ccccc1CN1CCC(O)C(C)C1. The van der Waals surface area contributed by atoms with Crippen LogP contribution in [0.5, 0.6) is 5.75 Å². The van der Waals surface area contributed by atoms with Crippen molar-refractivity contribution in [1.29, 1.82) is 0 Å². The van der Waals surface area contributed by atoms with Crippen molar-refractivity contribution in [1.82, 2.24) is 4.90 Å². The van der Waals surface area contributed by atoms with Crippen LogP contribution in [-0.4, -0.2) is 35.8 Å². The van der Waals surface area contributed by atoms with Gasteiger partial charge in [-0.15, -0.1) is 0 Å². The minimum Gasteiger partial charge on any atom is -0.494 e. The Morgan fingerprint density at radius 2 is 2.17 bits per heavy atom. The number of likely N-dealkylation sites (tertiary alicyclic amines) is 1. The molecule has 0 spiro atoms. The van der Waals surface area contributed by atoms with Gasteiger partial charge in [-0.05, 0) is 25.3 Å². The first kappa shape index (κ1) is 13.4. The summed E-state index contributed by atoms with van der Waals surface area (Å²) in [5.74, 6) is 1.34. The summed E-state index contributed by atoms with van der Waals surface area (Å²) in [5.41, 5.74) is 1.24.